The van der Waals surface area contributed by atoms with E-state index in [2.05, 4.69) is 12.0 Å². The normalized spacial score (nSPS) is 21.9. The van der Waals surface area contributed by atoms with Crippen molar-refractivity contribution in [1.82, 2.24) is 19.7 Å². The number of carbonyl (C=O) groups excluding carboxylic acids is 1. The summed E-state index contributed by atoms with van der Waals surface area (Å²) in [4.78, 5) is 20.0. The predicted molar refractivity (Wildman–Crippen MR) is 89.5 cm³/mol. The van der Waals surface area contributed by atoms with E-state index >= 15 is 0 Å². The van der Waals surface area contributed by atoms with Crippen molar-refractivity contribution in [2.24, 2.45) is 13.0 Å². The number of rotatable bonds is 2. The highest BCUT2D eigenvalue weighted by Crippen LogP contribution is 2.40. The average molecular weight is 312 g/mol. The van der Waals surface area contributed by atoms with Crippen LogP contribution in [0.1, 0.15) is 60.3 Å². The van der Waals surface area contributed by atoms with Crippen LogP contribution in [0.2, 0.25) is 0 Å². The summed E-state index contributed by atoms with van der Waals surface area (Å²) in [7, 11) is 1.91. The van der Waals surface area contributed by atoms with Crippen molar-refractivity contribution in [2.75, 3.05) is 13.1 Å². The number of hydrogen-bond acceptors (Lipinski definition) is 3. The third-order valence-electron chi connectivity index (χ3n) is 5.16. The number of aromatic nitrogens is 3. The maximum atomic E-state index is 13.2. The third kappa shape index (κ3) is 2.52. The lowest BCUT2D eigenvalue weighted by Crippen LogP contribution is -2.39. The van der Waals surface area contributed by atoms with Gasteiger partial charge in [0, 0.05) is 31.7 Å². The van der Waals surface area contributed by atoms with E-state index in [0.717, 1.165) is 47.5 Å². The number of carbonyl (C=O) groups is 1. The van der Waals surface area contributed by atoms with Crippen LogP contribution in [-0.4, -0.2) is 38.7 Å². The molecule has 5 heteroatoms. The van der Waals surface area contributed by atoms with Crippen LogP contribution >= 0.6 is 0 Å². The number of aryl methyl sites for hydroxylation is 2. The third-order valence-corrected chi connectivity index (χ3v) is 5.16. The molecule has 4 rings (SSSR count). The van der Waals surface area contributed by atoms with Crippen LogP contribution in [0.3, 0.4) is 0 Å². The summed E-state index contributed by atoms with van der Waals surface area (Å²) in [5.74, 6) is 1.27. The lowest BCUT2D eigenvalue weighted by atomic mass is 9.98. The van der Waals surface area contributed by atoms with Gasteiger partial charge in [-0.25, -0.2) is 4.98 Å². The molecule has 0 radical (unpaired) electrons. The Labute approximate surface area is 136 Å². The summed E-state index contributed by atoms with van der Waals surface area (Å²) in [5.41, 5.74) is 3.61. The Kier molecular flexibility index (Phi) is 3.39. The molecule has 1 unspecified atom stereocenters. The van der Waals surface area contributed by atoms with Crippen LogP contribution in [0.5, 0.6) is 0 Å². The Morgan fingerprint density at radius 1 is 1.30 bits per heavy atom. The molecule has 1 aliphatic carbocycles. The highest BCUT2D eigenvalue weighted by atomic mass is 16.2. The lowest BCUT2D eigenvalue weighted by molar-refractivity contribution is 0.0685. The van der Waals surface area contributed by atoms with Gasteiger partial charge in [0.1, 0.15) is 0 Å². The highest BCUT2D eigenvalue weighted by Gasteiger charge is 2.30. The van der Waals surface area contributed by atoms with Crippen LogP contribution in [0, 0.1) is 12.8 Å². The minimum atomic E-state index is 0.155. The Balaban J connectivity index is 1.82. The Bertz CT molecular complexity index is 775. The lowest BCUT2D eigenvalue weighted by Gasteiger charge is -2.31. The molecule has 2 aliphatic rings. The monoisotopic (exact) mass is 312 g/mol. The number of piperidine rings is 1. The molecular formula is C18H24N4O. The van der Waals surface area contributed by atoms with Crippen LogP contribution in [0.15, 0.2) is 6.07 Å². The van der Waals surface area contributed by atoms with Crippen molar-refractivity contribution in [3.05, 3.63) is 23.0 Å². The standard InChI is InChI=1S/C18H24N4O/c1-11-5-4-8-22(10-11)18(23)14-9-15(13-6-7-13)19-17-16(14)12(2)20-21(17)3/h9,11,13H,4-8,10H2,1-3H3. The summed E-state index contributed by atoms with van der Waals surface area (Å²) in [6.07, 6.45) is 4.69. The van der Waals surface area contributed by atoms with E-state index in [-0.39, 0.29) is 5.91 Å². The maximum absolute atomic E-state index is 13.2. The van der Waals surface area contributed by atoms with E-state index in [1.807, 2.05) is 29.6 Å². The molecule has 0 N–H and O–H groups in total. The van der Waals surface area contributed by atoms with Gasteiger partial charge in [0.2, 0.25) is 0 Å². The molecular weight excluding hydrogens is 288 g/mol. The first-order chi connectivity index (χ1) is 11.0. The molecule has 2 aromatic rings. The summed E-state index contributed by atoms with van der Waals surface area (Å²) in [5, 5.41) is 5.43. The molecule has 1 saturated heterocycles. The Hall–Kier alpha value is -1.91. The van der Waals surface area contributed by atoms with Gasteiger partial charge >= 0.3 is 0 Å². The number of likely N-dealkylation sites (tertiary alicyclic amines) is 1. The number of hydrogen-bond donors (Lipinski definition) is 0. The summed E-state index contributed by atoms with van der Waals surface area (Å²) < 4.78 is 1.81. The van der Waals surface area contributed by atoms with Crippen molar-refractivity contribution in [1.29, 1.82) is 0 Å². The van der Waals surface area contributed by atoms with Gasteiger partial charge in [-0.2, -0.15) is 5.10 Å². The molecule has 5 nitrogen and oxygen atoms in total. The topological polar surface area (TPSA) is 51.0 Å². The fraction of sp³-hybridized carbons (Fsp3) is 0.611. The fourth-order valence-electron chi connectivity index (χ4n) is 3.77. The van der Waals surface area contributed by atoms with Crippen LogP contribution in [0.25, 0.3) is 11.0 Å². The average Bonchev–Trinajstić information content (AvgIpc) is 3.33. The van der Waals surface area contributed by atoms with Gasteiger partial charge in [-0.3, -0.25) is 9.48 Å². The van der Waals surface area contributed by atoms with Crippen LogP contribution in [0.4, 0.5) is 0 Å². The maximum Gasteiger partial charge on any atom is 0.254 e. The van der Waals surface area contributed by atoms with E-state index in [1.165, 1.54) is 19.3 Å². The molecule has 2 aromatic heterocycles. The Morgan fingerprint density at radius 3 is 2.78 bits per heavy atom. The molecule has 23 heavy (non-hydrogen) atoms. The smallest absolute Gasteiger partial charge is 0.254 e. The van der Waals surface area contributed by atoms with E-state index in [0.29, 0.717) is 11.8 Å². The van der Waals surface area contributed by atoms with E-state index in [9.17, 15) is 4.79 Å². The Morgan fingerprint density at radius 2 is 2.09 bits per heavy atom. The second-order valence-electron chi connectivity index (χ2n) is 7.28. The van der Waals surface area contributed by atoms with Gasteiger partial charge in [0.05, 0.1) is 16.6 Å². The fourth-order valence-corrected chi connectivity index (χ4v) is 3.77. The zero-order chi connectivity index (χ0) is 16.1. The first kappa shape index (κ1) is 14.7. The largest absolute Gasteiger partial charge is 0.338 e. The molecule has 122 valence electrons. The highest BCUT2D eigenvalue weighted by molar-refractivity contribution is 6.06. The number of amides is 1. The zero-order valence-electron chi connectivity index (χ0n) is 14.2. The van der Waals surface area contributed by atoms with Crippen molar-refractivity contribution in [2.45, 2.75) is 45.4 Å². The van der Waals surface area contributed by atoms with Gasteiger partial charge in [0.15, 0.2) is 5.65 Å². The summed E-state index contributed by atoms with van der Waals surface area (Å²) in [6.45, 7) is 5.93. The second kappa shape index (κ2) is 5.32. The molecule has 0 aromatic carbocycles. The molecule has 0 spiro atoms. The SMILES string of the molecule is Cc1nn(C)c2nc(C3CC3)cc(C(=O)N3CCCC(C)C3)c12. The predicted octanol–water partition coefficient (Wildman–Crippen LogP) is 3.03. The number of nitrogens with zero attached hydrogens (tertiary/aromatic N) is 4. The van der Waals surface area contributed by atoms with E-state index < -0.39 is 0 Å². The van der Waals surface area contributed by atoms with Gasteiger partial charge in [0.25, 0.3) is 5.91 Å². The van der Waals surface area contributed by atoms with E-state index in [1.54, 1.807) is 0 Å². The number of pyridine rings is 1. The second-order valence-corrected chi connectivity index (χ2v) is 7.28. The van der Waals surface area contributed by atoms with Crippen molar-refractivity contribution >= 4 is 16.9 Å². The van der Waals surface area contributed by atoms with E-state index in [4.69, 9.17) is 4.98 Å². The first-order valence-electron chi connectivity index (χ1n) is 8.68. The van der Waals surface area contributed by atoms with Crippen LogP contribution < -0.4 is 0 Å². The molecule has 0 bridgehead atoms. The van der Waals surface area contributed by atoms with Gasteiger partial charge in [-0.1, -0.05) is 6.92 Å². The summed E-state index contributed by atoms with van der Waals surface area (Å²) >= 11 is 0. The molecule has 1 saturated carbocycles. The summed E-state index contributed by atoms with van der Waals surface area (Å²) in [6, 6.07) is 2.04. The van der Waals surface area contributed by atoms with Crippen LogP contribution in [-0.2, 0) is 7.05 Å². The zero-order valence-corrected chi connectivity index (χ0v) is 14.2. The van der Waals surface area contributed by atoms with Crippen molar-refractivity contribution in [3.63, 3.8) is 0 Å². The molecule has 1 aliphatic heterocycles. The molecule has 1 atom stereocenters. The van der Waals surface area contributed by atoms with Gasteiger partial charge in [-0.15, -0.1) is 0 Å². The van der Waals surface area contributed by atoms with Crippen molar-refractivity contribution in [3.8, 4) is 0 Å². The molecule has 3 heterocycles. The van der Waals surface area contributed by atoms with Gasteiger partial charge < -0.3 is 4.90 Å². The van der Waals surface area contributed by atoms with Gasteiger partial charge in [-0.05, 0) is 44.6 Å². The minimum Gasteiger partial charge on any atom is -0.338 e. The molecule has 2 fully saturated rings. The molecule has 1 amide bonds. The quantitative estimate of drug-likeness (QED) is 0.856. The minimum absolute atomic E-state index is 0.155. The first-order valence-corrected chi connectivity index (χ1v) is 8.68. The van der Waals surface area contributed by atoms with Crippen molar-refractivity contribution < 1.29 is 4.79 Å². The number of fused-ring (bicyclic) bond motifs is 1.